The van der Waals surface area contributed by atoms with Crippen molar-refractivity contribution in [3.05, 3.63) is 212 Å². The molecule has 0 radical (unpaired) electrons. The molecule has 1 aromatic heterocycles. The minimum absolute atomic E-state index is 0.893. The normalized spacial score (nSPS) is 11.3. The number of anilines is 3. The van der Waals surface area contributed by atoms with Crippen LogP contribution in [0, 0.1) is 0 Å². The summed E-state index contributed by atoms with van der Waals surface area (Å²) in [6.45, 7) is 0. The molecule has 1 heterocycles. The Morgan fingerprint density at radius 3 is 1.67 bits per heavy atom. The number of benzene rings is 9. The number of rotatable bonds is 7. The first-order chi connectivity index (χ1) is 26.8. The second-order valence-corrected chi connectivity index (χ2v) is 13.7. The van der Waals surface area contributed by atoms with E-state index in [1.54, 1.807) is 0 Å². The van der Waals surface area contributed by atoms with E-state index in [4.69, 9.17) is 4.42 Å². The lowest BCUT2D eigenvalue weighted by molar-refractivity contribution is 0.670. The predicted molar refractivity (Wildman–Crippen MR) is 228 cm³/mol. The molecule has 9 aromatic carbocycles. The highest BCUT2D eigenvalue weighted by molar-refractivity contribution is 6.11. The maximum Gasteiger partial charge on any atom is 0.143 e. The SMILES string of the molecule is c1ccc(-c2ccc(-c3ccc(N(c4cccc(-c5cccc6ccccc56)c4)c4ccccc4-c4cccc5c4oc4ccccc45)cc3)cc2)cc1. The first-order valence-electron chi connectivity index (χ1n) is 18.4. The standard InChI is InChI=1S/C52H35NO/c1-2-13-36(14-3-1)37-27-29-38(30-28-37)39-31-33-42(34-32-39)53(43-18-10-17-41(35-43)45-22-11-16-40-15-4-5-19-44(40)45)50-25-8-6-20-46(50)48-23-12-24-49-47-21-7-9-26-51(47)54-52(48)49/h1-35H. The average molecular weight is 690 g/mol. The predicted octanol–water partition coefficient (Wildman–Crippen LogP) is 14.9. The van der Waals surface area contributed by atoms with Crippen molar-refractivity contribution in [2.75, 3.05) is 4.90 Å². The van der Waals surface area contributed by atoms with Gasteiger partial charge in [0.25, 0.3) is 0 Å². The molecule has 0 aliphatic heterocycles. The Hall–Kier alpha value is -7.16. The van der Waals surface area contributed by atoms with Gasteiger partial charge in [-0.15, -0.1) is 0 Å². The van der Waals surface area contributed by atoms with E-state index in [9.17, 15) is 0 Å². The summed E-state index contributed by atoms with van der Waals surface area (Å²) in [6, 6.07) is 75.8. The molecule has 2 heteroatoms. The zero-order chi connectivity index (χ0) is 35.8. The van der Waals surface area contributed by atoms with Gasteiger partial charge in [0, 0.05) is 33.3 Å². The summed E-state index contributed by atoms with van der Waals surface area (Å²) < 4.78 is 6.58. The third kappa shape index (κ3) is 5.62. The van der Waals surface area contributed by atoms with Crippen LogP contribution in [0.4, 0.5) is 17.1 Å². The number of hydrogen-bond donors (Lipinski definition) is 0. The third-order valence-corrected chi connectivity index (χ3v) is 10.5. The molecule has 0 bridgehead atoms. The van der Waals surface area contributed by atoms with E-state index in [0.29, 0.717) is 0 Å². The van der Waals surface area contributed by atoms with E-state index < -0.39 is 0 Å². The fourth-order valence-corrected chi connectivity index (χ4v) is 7.86. The smallest absolute Gasteiger partial charge is 0.143 e. The molecule has 10 rings (SSSR count). The van der Waals surface area contributed by atoms with E-state index in [-0.39, 0.29) is 0 Å². The molecule has 0 aliphatic carbocycles. The molecule has 254 valence electrons. The fourth-order valence-electron chi connectivity index (χ4n) is 7.86. The lowest BCUT2D eigenvalue weighted by Crippen LogP contribution is -2.11. The number of nitrogens with zero attached hydrogens (tertiary/aromatic N) is 1. The van der Waals surface area contributed by atoms with E-state index >= 15 is 0 Å². The van der Waals surface area contributed by atoms with E-state index in [1.165, 1.54) is 44.2 Å². The van der Waals surface area contributed by atoms with E-state index in [0.717, 1.165) is 50.1 Å². The van der Waals surface area contributed by atoms with Crippen molar-refractivity contribution in [3.8, 4) is 44.5 Å². The number of fused-ring (bicyclic) bond motifs is 4. The van der Waals surface area contributed by atoms with Crippen molar-refractivity contribution < 1.29 is 4.42 Å². The lowest BCUT2D eigenvalue weighted by atomic mass is 9.96. The highest BCUT2D eigenvalue weighted by Crippen LogP contribution is 2.45. The van der Waals surface area contributed by atoms with Gasteiger partial charge in [0.1, 0.15) is 11.2 Å². The van der Waals surface area contributed by atoms with Crippen molar-refractivity contribution >= 4 is 49.8 Å². The second-order valence-electron chi connectivity index (χ2n) is 13.7. The molecular formula is C52H35NO. The van der Waals surface area contributed by atoms with Crippen LogP contribution in [0.1, 0.15) is 0 Å². The molecule has 10 aromatic rings. The molecule has 54 heavy (non-hydrogen) atoms. The Bertz CT molecular complexity index is 2920. The van der Waals surface area contributed by atoms with Crippen molar-refractivity contribution in [2.24, 2.45) is 0 Å². The summed E-state index contributed by atoms with van der Waals surface area (Å²) in [4.78, 5) is 2.38. The summed E-state index contributed by atoms with van der Waals surface area (Å²) in [5.74, 6) is 0. The highest BCUT2D eigenvalue weighted by atomic mass is 16.3. The van der Waals surface area contributed by atoms with Gasteiger partial charge in [-0.25, -0.2) is 0 Å². The molecule has 0 saturated carbocycles. The van der Waals surface area contributed by atoms with Crippen molar-refractivity contribution in [1.29, 1.82) is 0 Å². The summed E-state index contributed by atoms with van der Waals surface area (Å²) in [6.07, 6.45) is 0. The quantitative estimate of drug-likeness (QED) is 0.166. The Labute approximate surface area is 314 Å². The van der Waals surface area contributed by atoms with Crippen LogP contribution in [0.25, 0.3) is 77.2 Å². The van der Waals surface area contributed by atoms with Crippen LogP contribution in [0.5, 0.6) is 0 Å². The fraction of sp³-hybridized carbons (Fsp3) is 0. The van der Waals surface area contributed by atoms with Gasteiger partial charge >= 0.3 is 0 Å². The minimum atomic E-state index is 0.893. The molecular weight excluding hydrogens is 655 g/mol. The molecule has 0 atom stereocenters. The molecule has 0 fully saturated rings. The summed E-state index contributed by atoms with van der Waals surface area (Å²) in [5.41, 5.74) is 14.3. The van der Waals surface area contributed by atoms with Crippen LogP contribution in [0.3, 0.4) is 0 Å². The molecule has 0 spiro atoms. The van der Waals surface area contributed by atoms with Gasteiger partial charge in [0.2, 0.25) is 0 Å². The molecule has 2 nitrogen and oxygen atoms in total. The maximum absolute atomic E-state index is 6.58. The topological polar surface area (TPSA) is 16.4 Å². The number of furan rings is 1. The highest BCUT2D eigenvalue weighted by Gasteiger charge is 2.21. The molecule has 0 aliphatic rings. The zero-order valence-electron chi connectivity index (χ0n) is 29.6. The van der Waals surface area contributed by atoms with Crippen LogP contribution in [0.2, 0.25) is 0 Å². The molecule has 0 saturated heterocycles. The van der Waals surface area contributed by atoms with Crippen LogP contribution in [-0.4, -0.2) is 0 Å². The monoisotopic (exact) mass is 689 g/mol. The van der Waals surface area contributed by atoms with Crippen LogP contribution in [-0.2, 0) is 0 Å². The van der Waals surface area contributed by atoms with Gasteiger partial charge in [0.15, 0.2) is 0 Å². The Morgan fingerprint density at radius 1 is 0.315 bits per heavy atom. The van der Waals surface area contributed by atoms with Crippen LogP contribution < -0.4 is 4.90 Å². The summed E-state index contributed by atoms with van der Waals surface area (Å²) >= 11 is 0. The van der Waals surface area contributed by atoms with E-state index in [2.05, 4.69) is 205 Å². The van der Waals surface area contributed by atoms with Gasteiger partial charge in [-0.1, -0.05) is 176 Å². The Balaban J connectivity index is 1.12. The van der Waals surface area contributed by atoms with Gasteiger partial charge in [0.05, 0.1) is 5.69 Å². The van der Waals surface area contributed by atoms with Crippen LogP contribution in [0.15, 0.2) is 217 Å². The van der Waals surface area contributed by atoms with Crippen molar-refractivity contribution in [1.82, 2.24) is 0 Å². The first-order valence-corrected chi connectivity index (χ1v) is 18.4. The summed E-state index contributed by atoms with van der Waals surface area (Å²) in [5, 5.41) is 4.71. The largest absolute Gasteiger partial charge is 0.455 e. The number of hydrogen-bond acceptors (Lipinski definition) is 2. The van der Waals surface area contributed by atoms with Crippen molar-refractivity contribution in [2.45, 2.75) is 0 Å². The van der Waals surface area contributed by atoms with Gasteiger partial charge in [-0.2, -0.15) is 0 Å². The van der Waals surface area contributed by atoms with E-state index in [1.807, 2.05) is 12.1 Å². The average Bonchev–Trinajstić information content (AvgIpc) is 3.64. The third-order valence-electron chi connectivity index (χ3n) is 10.5. The van der Waals surface area contributed by atoms with Crippen molar-refractivity contribution in [3.63, 3.8) is 0 Å². The zero-order valence-corrected chi connectivity index (χ0v) is 29.6. The second kappa shape index (κ2) is 13.4. The molecule has 0 amide bonds. The van der Waals surface area contributed by atoms with Gasteiger partial charge < -0.3 is 9.32 Å². The Morgan fingerprint density at radius 2 is 0.852 bits per heavy atom. The Kier molecular flexibility index (Phi) is 7.85. The summed E-state index contributed by atoms with van der Waals surface area (Å²) in [7, 11) is 0. The maximum atomic E-state index is 6.58. The molecule has 0 N–H and O–H groups in total. The lowest BCUT2D eigenvalue weighted by Gasteiger charge is -2.28. The first kappa shape index (κ1) is 31.6. The number of para-hydroxylation sites is 3. The van der Waals surface area contributed by atoms with Gasteiger partial charge in [-0.3, -0.25) is 0 Å². The molecule has 0 unspecified atom stereocenters. The van der Waals surface area contributed by atoms with Gasteiger partial charge in [-0.05, 0) is 80.6 Å². The minimum Gasteiger partial charge on any atom is -0.455 e. The van der Waals surface area contributed by atoms with Crippen LogP contribution >= 0.6 is 0 Å².